The van der Waals surface area contributed by atoms with Crippen molar-refractivity contribution in [3.05, 3.63) is 59.7 Å². The van der Waals surface area contributed by atoms with Crippen molar-refractivity contribution in [1.29, 1.82) is 0 Å². The molecule has 0 saturated carbocycles. The summed E-state index contributed by atoms with van der Waals surface area (Å²) in [6, 6.07) is 14.3. The van der Waals surface area contributed by atoms with Crippen molar-refractivity contribution in [3.8, 4) is 11.5 Å². The lowest BCUT2D eigenvalue weighted by molar-refractivity contribution is -0.139. The van der Waals surface area contributed by atoms with Gasteiger partial charge in [-0.2, -0.15) is 13.2 Å². The summed E-state index contributed by atoms with van der Waals surface area (Å²) in [6.07, 6.45) is -5.09. The van der Waals surface area contributed by atoms with Gasteiger partial charge in [0.15, 0.2) is 11.5 Å². The zero-order valence-electron chi connectivity index (χ0n) is 17.6. The Labute approximate surface area is 183 Å². The Bertz CT molecular complexity index is 952. The Morgan fingerprint density at radius 1 is 1.19 bits per heavy atom. The van der Waals surface area contributed by atoms with Crippen LogP contribution in [0.3, 0.4) is 0 Å². The number of halogens is 3. The number of piperidine rings is 1. The van der Waals surface area contributed by atoms with Gasteiger partial charge in [-0.1, -0.05) is 30.3 Å². The van der Waals surface area contributed by atoms with Crippen LogP contribution >= 0.6 is 0 Å². The van der Waals surface area contributed by atoms with Crippen molar-refractivity contribution in [1.82, 2.24) is 4.90 Å². The van der Waals surface area contributed by atoms with E-state index in [0.29, 0.717) is 25.1 Å². The molecule has 0 unspecified atom stereocenters. The van der Waals surface area contributed by atoms with Crippen LogP contribution in [0.5, 0.6) is 11.5 Å². The van der Waals surface area contributed by atoms with Gasteiger partial charge in [0.2, 0.25) is 0 Å². The molecule has 2 aliphatic rings. The summed E-state index contributed by atoms with van der Waals surface area (Å²) >= 11 is 0. The zero-order chi connectivity index (χ0) is 22.8. The molecule has 32 heavy (non-hydrogen) atoms. The van der Waals surface area contributed by atoms with Crippen LogP contribution in [0.2, 0.25) is 0 Å². The number of hydrogen-bond donors (Lipinski definition) is 0. The van der Waals surface area contributed by atoms with Crippen molar-refractivity contribution in [2.75, 3.05) is 33.6 Å². The van der Waals surface area contributed by atoms with Gasteiger partial charge in [0.1, 0.15) is 18.5 Å². The van der Waals surface area contributed by atoms with Gasteiger partial charge in [-0.05, 0) is 23.8 Å². The maximum atomic E-state index is 13.1. The van der Waals surface area contributed by atoms with Gasteiger partial charge in [-0.25, -0.2) is 0 Å². The molecule has 0 spiro atoms. The van der Waals surface area contributed by atoms with Crippen LogP contribution in [0, 0.1) is 0 Å². The molecule has 2 aliphatic heterocycles. The standard InChI is InChI=1S/C23H24F3NO5/c1-29-19-13-16(7-8-18(19)30-12-10-23(24,25)26)21(28)27-11-9-22(17-5-3-2-4-6-17)20(14-27)31-15-32-22/h2-8,13,20H,9-12,14-15H2,1H3/t20-,22-/m1/s1. The molecule has 2 aromatic carbocycles. The predicted octanol–water partition coefficient (Wildman–Crippen LogP) is 4.14. The number of nitrogens with zero attached hydrogens (tertiary/aromatic N) is 1. The Balaban J connectivity index is 1.46. The van der Waals surface area contributed by atoms with Crippen LogP contribution in [0.15, 0.2) is 48.5 Å². The average molecular weight is 451 g/mol. The first-order valence-electron chi connectivity index (χ1n) is 10.3. The van der Waals surface area contributed by atoms with Crippen LogP contribution in [-0.4, -0.2) is 56.7 Å². The van der Waals surface area contributed by atoms with Gasteiger partial charge >= 0.3 is 6.18 Å². The predicted molar refractivity (Wildman–Crippen MR) is 109 cm³/mol. The topological polar surface area (TPSA) is 57.2 Å². The van der Waals surface area contributed by atoms with E-state index in [9.17, 15) is 18.0 Å². The van der Waals surface area contributed by atoms with Crippen molar-refractivity contribution in [3.63, 3.8) is 0 Å². The fourth-order valence-corrected chi connectivity index (χ4v) is 4.17. The number of amides is 1. The van der Waals surface area contributed by atoms with E-state index in [2.05, 4.69) is 0 Å². The fraction of sp³-hybridized carbons (Fsp3) is 0.435. The highest BCUT2D eigenvalue weighted by molar-refractivity contribution is 5.95. The number of methoxy groups -OCH3 is 1. The highest BCUT2D eigenvalue weighted by Gasteiger charge is 2.51. The summed E-state index contributed by atoms with van der Waals surface area (Å²) in [5.74, 6) is 0.138. The molecule has 2 saturated heterocycles. The molecule has 172 valence electrons. The molecule has 0 radical (unpaired) electrons. The summed E-state index contributed by atoms with van der Waals surface area (Å²) in [7, 11) is 1.37. The van der Waals surface area contributed by atoms with E-state index in [1.807, 2.05) is 30.3 Å². The van der Waals surface area contributed by atoms with Gasteiger partial charge in [0, 0.05) is 18.5 Å². The van der Waals surface area contributed by atoms with Crippen molar-refractivity contribution in [2.24, 2.45) is 0 Å². The summed E-state index contributed by atoms with van der Waals surface area (Å²) in [4.78, 5) is 14.8. The summed E-state index contributed by atoms with van der Waals surface area (Å²) in [5, 5.41) is 0. The summed E-state index contributed by atoms with van der Waals surface area (Å²) in [6.45, 7) is 0.471. The number of benzene rings is 2. The second-order valence-corrected chi connectivity index (χ2v) is 7.75. The highest BCUT2D eigenvalue weighted by Crippen LogP contribution is 2.42. The van der Waals surface area contributed by atoms with Crippen LogP contribution < -0.4 is 9.47 Å². The van der Waals surface area contributed by atoms with Crippen LogP contribution in [0.1, 0.15) is 28.8 Å². The molecule has 2 heterocycles. The minimum atomic E-state index is -4.31. The molecule has 6 nitrogen and oxygen atoms in total. The van der Waals surface area contributed by atoms with Crippen molar-refractivity contribution < 1.29 is 36.9 Å². The lowest BCUT2D eigenvalue weighted by Gasteiger charge is -2.42. The van der Waals surface area contributed by atoms with Gasteiger partial charge in [-0.15, -0.1) is 0 Å². The number of carbonyl (C=O) groups is 1. The SMILES string of the molecule is COc1cc(C(=O)N2CC[C@]3(c4ccccc4)OCO[C@@H]3C2)ccc1OCCC(F)(F)F. The minimum absolute atomic E-state index is 0.155. The van der Waals surface area contributed by atoms with Crippen molar-refractivity contribution >= 4 is 5.91 Å². The molecule has 0 aliphatic carbocycles. The quantitative estimate of drug-likeness (QED) is 0.661. The Morgan fingerprint density at radius 2 is 1.97 bits per heavy atom. The van der Waals surface area contributed by atoms with E-state index in [4.69, 9.17) is 18.9 Å². The first kappa shape index (κ1) is 22.4. The number of fused-ring (bicyclic) bond motifs is 1. The van der Waals surface area contributed by atoms with Gasteiger partial charge in [0.25, 0.3) is 5.91 Å². The Morgan fingerprint density at radius 3 is 2.69 bits per heavy atom. The second kappa shape index (κ2) is 8.99. The molecule has 2 fully saturated rings. The first-order chi connectivity index (χ1) is 15.3. The summed E-state index contributed by atoms with van der Waals surface area (Å²) in [5.41, 5.74) is 0.805. The van der Waals surface area contributed by atoms with Gasteiger partial charge in [0.05, 0.1) is 26.7 Å². The number of ether oxygens (including phenoxy) is 4. The number of rotatable bonds is 6. The monoisotopic (exact) mass is 451 g/mol. The molecule has 1 amide bonds. The largest absolute Gasteiger partial charge is 0.493 e. The lowest BCUT2D eigenvalue weighted by atomic mass is 9.82. The third-order valence-corrected chi connectivity index (χ3v) is 5.85. The van der Waals surface area contributed by atoms with Crippen LogP contribution in [0.4, 0.5) is 13.2 Å². The minimum Gasteiger partial charge on any atom is -0.493 e. The van der Waals surface area contributed by atoms with E-state index in [1.165, 1.54) is 25.3 Å². The van der Waals surface area contributed by atoms with Crippen LogP contribution in [0.25, 0.3) is 0 Å². The molecule has 9 heteroatoms. The normalized spacial score (nSPS) is 23.0. The molecular weight excluding hydrogens is 427 g/mol. The van der Waals surface area contributed by atoms with Crippen LogP contribution in [-0.2, 0) is 15.1 Å². The number of hydrogen-bond acceptors (Lipinski definition) is 5. The lowest BCUT2D eigenvalue weighted by Crippen LogP contribution is -2.53. The molecule has 2 aromatic rings. The average Bonchev–Trinajstić information content (AvgIpc) is 3.23. The second-order valence-electron chi connectivity index (χ2n) is 7.75. The van der Waals surface area contributed by atoms with Gasteiger partial charge in [-0.3, -0.25) is 4.79 Å². The molecule has 0 aromatic heterocycles. The smallest absolute Gasteiger partial charge is 0.392 e. The molecule has 0 N–H and O–H groups in total. The fourth-order valence-electron chi connectivity index (χ4n) is 4.17. The van der Waals surface area contributed by atoms with E-state index in [0.717, 1.165) is 5.56 Å². The first-order valence-corrected chi connectivity index (χ1v) is 10.3. The highest BCUT2D eigenvalue weighted by atomic mass is 19.4. The number of likely N-dealkylation sites (tertiary alicyclic amines) is 1. The molecule has 0 bridgehead atoms. The molecular formula is C23H24F3NO5. The number of alkyl halides is 3. The summed E-state index contributed by atoms with van der Waals surface area (Å²) < 4.78 is 59.3. The van der Waals surface area contributed by atoms with E-state index >= 15 is 0 Å². The van der Waals surface area contributed by atoms with E-state index in [1.54, 1.807) is 4.90 Å². The van der Waals surface area contributed by atoms with Crippen molar-refractivity contribution in [2.45, 2.75) is 30.7 Å². The Kier molecular flexibility index (Phi) is 6.30. The third kappa shape index (κ3) is 4.54. The number of carbonyl (C=O) groups excluding carboxylic acids is 1. The van der Waals surface area contributed by atoms with Gasteiger partial charge < -0.3 is 23.8 Å². The molecule has 2 atom stereocenters. The third-order valence-electron chi connectivity index (χ3n) is 5.85. The Hall–Kier alpha value is -2.78. The maximum Gasteiger partial charge on any atom is 0.392 e. The zero-order valence-corrected chi connectivity index (χ0v) is 17.6. The maximum absolute atomic E-state index is 13.1. The van der Waals surface area contributed by atoms with E-state index in [-0.39, 0.29) is 30.3 Å². The van der Waals surface area contributed by atoms with E-state index < -0.39 is 24.8 Å². The molecule has 4 rings (SSSR count).